The molecular formula is C23H26N6O2. The first-order valence-electron chi connectivity index (χ1n) is 10.3. The number of aryl methyl sites for hydroxylation is 1. The summed E-state index contributed by atoms with van der Waals surface area (Å²) in [4.78, 5) is 24.4. The first kappa shape index (κ1) is 20.7. The molecule has 1 aliphatic rings. The van der Waals surface area contributed by atoms with Crippen molar-refractivity contribution in [3.05, 3.63) is 81.7 Å². The van der Waals surface area contributed by atoms with Crippen LogP contribution in [0.3, 0.4) is 0 Å². The van der Waals surface area contributed by atoms with E-state index in [9.17, 15) is 10.1 Å². The minimum Gasteiger partial charge on any atom is -0.369 e. The maximum Gasteiger partial charge on any atom is 0.269 e. The summed E-state index contributed by atoms with van der Waals surface area (Å²) in [6.07, 6.45) is 2.29. The second-order valence-electron chi connectivity index (χ2n) is 7.89. The minimum atomic E-state index is -0.380. The Kier molecular flexibility index (Phi) is 6.08. The number of aromatic nitrogens is 2. The van der Waals surface area contributed by atoms with Crippen molar-refractivity contribution >= 4 is 23.0 Å². The van der Waals surface area contributed by atoms with E-state index in [4.69, 9.17) is 0 Å². The summed E-state index contributed by atoms with van der Waals surface area (Å²) in [5.41, 5.74) is 4.86. The van der Waals surface area contributed by atoms with Crippen molar-refractivity contribution in [2.75, 3.05) is 43.4 Å². The molecule has 0 unspecified atom stereocenters. The van der Waals surface area contributed by atoms with Crippen LogP contribution < -0.4 is 10.2 Å². The van der Waals surface area contributed by atoms with Gasteiger partial charge in [0.2, 0.25) is 5.95 Å². The minimum absolute atomic E-state index is 0.0861. The van der Waals surface area contributed by atoms with Crippen LogP contribution in [0.5, 0.6) is 0 Å². The molecule has 0 atom stereocenters. The molecule has 0 saturated carbocycles. The van der Waals surface area contributed by atoms with Crippen LogP contribution in [0.4, 0.5) is 23.0 Å². The van der Waals surface area contributed by atoms with Crippen LogP contribution in [0.1, 0.15) is 16.8 Å². The van der Waals surface area contributed by atoms with Crippen LogP contribution in [0.15, 0.2) is 54.7 Å². The van der Waals surface area contributed by atoms with Gasteiger partial charge >= 0.3 is 0 Å². The van der Waals surface area contributed by atoms with Crippen LogP contribution >= 0.6 is 0 Å². The highest BCUT2D eigenvalue weighted by Crippen LogP contribution is 2.22. The number of anilines is 3. The Morgan fingerprint density at radius 3 is 2.55 bits per heavy atom. The summed E-state index contributed by atoms with van der Waals surface area (Å²) >= 11 is 0. The molecule has 160 valence electrons. The van der Waals surface area contributed by atoms with Gasteiger partial charge in [-0.05, 0) is 49.4 Å². The smallest absolute Gasteiger partial charge is 0.269 e. The fourth-order valence-corrected chi connectivity index (χ4v) is 3.64. The molecule has 0 aliphatic carbocycles. The molecule has 31 heavy (non-hydrogen) atoms. The number of rotatable bonds is 6. The number of nitrogens with one attached hydrogen (secondary N) is 1. The maximum absolute atomic E-state index is 11.0. The van der Waals surface area contributed by atoms with Crippen molar-refractivity contribution in [3.63, 3.8) is 0 Å². The number of piperazine rings is 1. The van der Waals surface area contributed by atoms with Crippen molar-refractivity contribution < 1.29 is 4.92 Å². The van der Waals surface area contributed by atoms with Gasteiger partial charge in [0.05, 0.1) is 10.6 Å². The zero-order valence-electron chi connectivity index (χ0n) is 17.8. The Morgan fingerprint density at radius 1 is 1.10 bits per heavy atom. The van der Waals surface area contributed by atoms with E-state index in [0.717, 1.165) is 48.7 Å². The molecule has 3 aromatic rings. The fourth-order valence-electron chi connectivity index (χ4n) is 3.64. The van der Waals surface area contributed by atoms with Crippen LogP contribution in [0.25, 0.3) is 0 Å². The third kappa shape index (κ3) is 5.16. The van der Waals surface area contributed by atoms with E-state index in [1.807, 2.05) is 25.1 Å². The SMILES string of the molecule is Cc1cnc(Nc2ccc(N3CCN(C)CC3)cc2)nc1Cc1cccc([N+](=O)[O-])c1. The van der Waals surface area contributed by atoms with Crippen LogP contribution in [0, 0.1) is 17.0 Å². The molecule has 0 bridgehead atoms. The largest absolute Gasteiger partial charge is 0.369 e. The van der Waals surface area contributed by atoms with Gasteiger partial charge in [-0.15, -0.1) is 0 Å². The summed E-state index contributed by atoms with van der Waals surface area (Å²) in [5, 5.41) is 14.3. The molecule has 1 aliphatic heterocycles. The Hall–Kier alpha value is -3.52. The van der Waals surface area contributed by atoms with E-state index in [1.54, 1.807) is 18.3 Å². The van der Waals surface area contributed by atoms with Gasteiger partial charge in [-0.1, -0.05) is 12.1 Å². The van der Waals surface area contributed by atoms with Gasteiger partial charge in [0.15, 0.2) is 0 Å². The van der Waals surface area contributed by atoms with Gasteiger partial charge in [-0.2, -0.15) is 0 Å². The summed E-state index contributed by atoms with van der Waals surface area (Å²) < 4.78 is 0. The van der Waals surface area contributed by atoms with Gasteiger partial charge in [-0.3, -0.25) is 10.1 Å². The Bertz CT molecular complexity index is 1060. The highest BCUT2D eigenvalue weighted by Gasteiger charge is 2.14. The number of hydrogen-bond acceptors (Lipinski definition) is 7. The highest BCUT2D eigenvalue weighted by atomic mass is 16.6. The Morgan fingerprint density at radius 2 is 1.84 bits per heavy atom. The van der Waals surface area contributed by atoms with Crippen molar-refractivity contribution in [2.24, 2.45) is 0 Å². The molecule has 1 aromatic heterocycles. The third-order valence-corrected chi connectivity index (χ3v) is 5.56. The molecule has 0 amide bonds. The normalized spacial score (nSPS) is 14.5. The quantitative estimate of drug-likeness (QED) is 0.481. The average Bonchev–Trinajstić information content (AvgIpc) is 2.77. The number of nitrogens with zero attached hydrogens (tertiary/aromatic N) is 5. The first-order valence-corrected chi connectivity index (χ1v) is 10.3. The lowest BCUT2D eigenvalue weighted by atomic mass is 10.1. The third-order valence-electron chi connectivity index (χ3n) is 5.56. The molecule has 8 heteroatoms. The summed E-state index contributed by atoms with van der Waals surface area (Å²) in [6, 6.07) is 15.0. The lowest BCUT2D eigenvalue weighted by Crippen LogP contribution is -2.44. The zero-order chi connectivity index (χ0) is 21.8. The molecule has 4 rings (SSSR count). The van der Waals surface area contributed by atoms with E-state index in [0.29, 0.717) is 12.4 Å². The molecule has 0 spiro atoms. The van der Waals surface area contributed by atoms with Crippen LogP contribution in [-0.4, -0.2) is 53.0 Å². The Balaban J connectivity index is 1.46. The molecule has 1 fully saturated rings. The lowest BCUT2D eigenvalue weighted by Gasteiger charge is -2.34. The predicted molar refractivity (Wildman–Crippen MR) is 122 cm³/mol. The molecular weight excluding hydrogens is 392 g/mol. The van der Waals surface area contributed by atoms with Crippen molar-refractivity contribution in [1.29, 1.82) is 0 Å². The zero-order valence-corrected chi connectivity index (χ0v) is 17.8. The number of nitro benzene ring substituents is 1. The van der Waals surface area contributed by atoms with E-state index in [2.05, 4.69) is 44.3 Å². The topological polar surface area (TPSA) is 87.4 Å². The van der Waals surface area contributed by atoms with Crippen molar-refractivity contribution in [3.8, 4) is 0 Å². The number of likely N-dealkylation sites (N-methyl/N-ethyl adjacent to an activating group) is 1. The van der Waals surface area contributed by atoms with Crippen LogP contribution in [-0.2, 0) is 6.42 Å². The first-order chi connectivity index (χ1) is 15.0. The fraction of sp³-hybridized carbons (Fsp3) is 0.304. The standard InChI is InChI=1S/C23H26N6O2/c1-17-16-24-23(26-22(17)15-18-4-3-5-21(14-18)29(30)31)25-19-6-8-20(9-7-19)28-12-10-27(2)11-13-28/h3-9,14,16H,10-13,15H2,1-2H3,(H,24,25,26). The average molecular weight is 419 g/mol. The second-order valence-corrected chi connectivity index (χ2v) is 7.89. The van der Waals surface area contributed by atoms with Gasteiger partial charge in [0, 0.05) is 62.3 Å². The molecule has 8 nitrogen and oxygen atoms in total. The highest BCUT2D eigenvalue weighted by molar-refractivity contribution is 5.59. The summed E-state index contributed by atoms with van der Waals surface area (Å²) in [6.45, 7) is 6.16. The van der Waals surface area contributed by atoms with Gasteiger partial charge in [0.25, 0.3) is 5.69 Å². The van der Waals surface area contributed by atoms with Gasteiger partial charge in [0.1, 0.15) is 0 Å². The molecule has 1 N–H and O–H groups in total. The van der Waals surface area contributed by atoms with E-state index in [-0.39, 0.29) is 10.6 Å². The van der Waals surface area contributed by atoms with Gasteiger partial charge < -0.3 is 15.1 Å². The van der Waals surface area contributed by atoms with E-state index < -0.39 is 0 Å². The number of hydrogen-bond donors (Lipinski definition) is 1. The van der Waals surface area contributed by atoms with Crippen LogP contribution in [0.2, 0.25) is 0 Å². The number of benzene rings is 2. The van der Waals surface area contributed by atoms with E-state index >= 15 is 0 Å². The van der Waals surface area contributed by atoms with Crippen molar-refractivity contribution in [1.82, 2.24) is 14.9 Å². The molecule has 2 aromatic carbocycles. The monoisotopic (exact) mass is 418 g/mol. The maximum atomic E-state index is 11.0. The number of non-ortho nitro benzene ring substituents is 1. The predicted octanol–water partition coefficient (Wildman–Crippen LogP) is 3.78. The van der Waals surface area contributed by atoms with Gasteiger partial charge in [-0.25, -0.2) is 9.97 Å². The molecule has 2 heterocycles. The molecule has 1 saturated heterocycles. The van der Waals surface area contributed by atoms with Crippen molar-refractivity contribution in [2.45, 2.75) is 13.3 Å². The molecule has 0 radical (unpaired) electrons. The Labute approximate surface area is 181 Å². The summed E-state index contributed by atoms with van der Waals surface area (Å²) in [5.74, 6) is 0.512. The number of nitro groups is 1. The lowest BCUT2D eigenvalue weighted by molar-refractivity contribution is -0.384. The second kappa shape index (κ2) is 9.09. The summed E-state index contributed by atoms with van der Waals surface area (Å²) in [7, 11) is 2.15. The van der Waals surface area contributed by atoms with E-state index in [1.165, 1.54) is 11.8 Å².